The Morgan fingerprint density at radius 3 is 2.84 bits per heavy atom. The minimum absolute atomic E-state index is 0.132. The van der Waals surface area contributed by atoms with E-state index in [2.05, 4.69) is 19.2 Å². The van der Waals surface area contributed by atoms with Crippen LogP contribution in [-0.4, -0.2) is 23.2 Å². The molecule has 1 aromatic carbocycles. The van der Waals surface area contributed by atoms with Crippen molar-refractivity contribution in [3.8, 4) is 0 Å². The zero-order chi connectivity index (χ0) is 14.0. The molecule has 1 aliphatic heterocycles. The smallest absolute Gasteiger partial charge is 0.274 e. The molecule has 0 radical (unpaired) electrons. The van der Waals surface area contributed by atoms with E-state index in [0.717, 1.165) is 25.1 Å². The third-order valence-electron chi connectivity index (χ3n) is 3.47. The van der Waals surface area contributed by atoms with Crippen molar-refractivity contribution in [1.82, 2.24) is 0 Å². The first kappa shape index (κ1) is 13.8. The van der Waals surface area contributed by atoms with Crippen molar-refractivity contribution in [3.05, 3.63) is 33.9 Å². The van der Waals surface area contributed by atoms with E-state index in [1.807, 2.05) is 6.07 Å². The van der Waals surface area contributed by atoms with Crippen molar-refractivity contribution < 1.29 is 9.66 Å². The summed E-state index contributed by atoms with van der Waals surface area (Å²) in [6.45, 7) is 6.61. The molecule has 0 amide bonds. The van der Waals surface area contributed by atoms with E-state index in [1.165, 1.54) is 0 Å². The monoisotopic (exact) mass is 264 g/mol. The van der Waals surface area contributed by atoms with Gasteiger partial charge in [0.2, 0.25) is 0 Å². The number of anilines is 1. The highest BCUT2D eigenvalue weighted by Crippen LogP contribution is 2.28. The van der Waals surface area contributed by atoms with Gasteiger partial charge in [0.25, 0.3) is 5.69 Å². The molecule has 1 heterocycles. The zero-order valence-electron chi connectivity index (χ0n) is 11.6. The molecule has 0 aromatic heterocycles. The number of hydrogen-bond donors (Lipinski definition) is 1. The van der Waals surface area contributed by atoms with Gasteiger partial charge >= 0.3 is 0 Å². The Hall–Kier alpha value is -1.62. The molecule has 0 spiro atoms. The molecule has 1 aromatic rings. The largest absolute Gasteiger partial charge is 0.382 e. The van der Waals surface area contributed by atoms with E-state index in [4.69, 9.17) is 4.74 Å². The Morgan fingerprint density at radius 2 is 2.21 bits per heavy atom. The van der Waals surface area contributed by atoms with Gasteiger partial charge in [-0.15, -0.1) is 0 Å². The van der Waals surface area contributed by atoms with E-state index in [9.17, 15) is 10.1 Å². The molecule has 1 atom stereocenters. The highest BCUT2D eigenvalue weighted by Gasteiger charge is 2.28. The fourth-order valence-electron chi connectivity index (χ4n) is 2.49. The van der Waals surface area contributed by atoms with Crippen LogP contribution in [0, 0.1) is 17.0 Å². The van der Waals surface area contributed by atoms with Crippen molar-refractivity contribution >= 4 is 11.4 Å². The Balaban J connectivity index is 2.11. The molecule has 0 bridgehead atoms. The number of ether oxygens (including phenoxy) is 1. The SMILES string of the molecule is Cc1ccc(NC2CCOC(C)(C)C2)cc1[N+](=O)[O-]. The molecular weight excluding hydrogens is 244 g/mol. The van der Waals surface area contributed by atoms with Gasteiger partial charge in [-0.3, -0.25) is 10.1 Å². The van der Waals surface area contributed by atoms with Crippen molar-refractivity contribution in [1.29, 1.82) is 0 Å². The molecular formula is C14H20N2O3. The number of nitro benzene ring substituents is 1. The van der Waals surface area contributed by atoms with Gasteiger partial charge in [-0.1, -0.05) is 6.07 Å². The Labute approximate surface area is 113 Å². The van der Waals surface area contributed by atoms with Crippen molar-refractivity contribution in [2.45, 2.75) is 45.3 Å². The van der Waals surface area contributed by atoms with Crippen LogP contribution < -0.4 is 5.32 Å². The van der Waals surface area contributed by atoms with E-state index >= 15 is 0 Å². The second-order valence-corrected chi connectivity index (χ2v) is 5.70. The first-order chi connectivity index (χ1) is 8.87. The minimum Gasteiger partial charge on any atom is -0.382 e. The van der Waals surface area contributed by atoms with Gasteiger partial charge in [0.15, 0.2) is 0 Å². The molecule has 5 heteroatoms. The number of nitrogens with zero attached hydrogens (tertiary/aromatic N) is 1. The molecule has 19 heavy (non-hydrogen) atoms. The van der Waals surface area contributed by atoms with E-state index in [0.29, 0.717) is 11.6 Å². The number of benzene rings is 1. The molecule has 1 N–H and O–H groups in total. The number of nitrogens with one attached hydrogen (secondary N) is 1. The van der Waals surface area contributed by atoms with Crippen molar-refractivity contribution in [3.63, 3.8) is 0 Å². The minimum atomic E-state index is -0.339. The van der Waals surface area contributed by atoms with Crippen LogP contribution in [0.1, 0.15) is 32.3 Å². The topological polar surface area (TPSA) is 64.4 Å². The number of nitro groups is 1. The summed E-state index contributed by atoms with van der Waals surface area (Å²) >= 11 is 0. The van der Waals surface area contributed by atoms with Crippen LogP contribution in [0.25, 0.3) is 0 Å². The standard InChI is InChI=1S/C14H20N2O3/c1-10-4-5-11(8-13(10)16(17)18)15-12-6-7-19-14(2,3)9-12/h4-5,8,12,15H,6-7,9H2,1-3H3. The zero-order valence-corrected chi connectivity index (χ0v) is 11.6. The average molecular weight is 264 g/mol. The normalized spacial score (nSPS) is 21.9. The number of rotatable bonds is 3. The molecule has 2 rings (SSSR count). The molecule has 0 aliphatic carbocycles. The van der Waals surface area contributed by atoms with Crippen molar-refractivity contribution in [2.24, 2.45) is 0 Å². The van der Waals surface area contributed by atoms with Crippen LogP contribution in [0.3, 0.4) is 0 Å². The van der Waals surface area contributed by atoms with Gasteiger partial charge in [0.1, 0.15) is 0 Å². The lowest BCUT2D eigenvalue weighted by molar-refractivity contribution is -0.385. The van der Waals surface area contributed by atoms with E-state index in [1.54, 1.807) is 19.1 Å². The quantitative estimate of drug-likeness (QED) is 0.672. The Kier molecular flexibility index (Phi) is 3.75. The maximum absolute atomic E-state index is 10.9. The summed E-state index contributed by atoms with van der Waals surface area (Å²) in [4.78, 5) is 10.6. The first-order valence-electron chi connectivity index (χ1n) is 6.53. The maximum Gasteiger partial charge on any atom is 0.274 e. The summed E-state index contributed by atoms with van der Waals surface area (Å²) in [5.74, 6) is 0. The van der Waals surface area contributed by atoms with Gasteiger partial charge in [-0.05, 0) is 39.7 Å². The predicted octanol–water partition coefficient (Wildman–Crippen LogP) is 3.27. The van der Waals surface area contributed by atoms with Gasteiger partial charge in [-0.2, -0.15) is 0 Å². The fraction of sp³-hybridized carbons (Fsp3) is 0.571. The molecule has 1 saturated heterocycles. The molecule has 1 unspecified atom stereocenters. The van der Waals surface area contributed by atoms with Crippen LogP contribution in [-0.2, 0) is 4.74 Å². The highest BCUT2D eigenvalue weighted by molar-refractivity contribution is 5.55. The summed E-state index contributed by atoms with van der Waals surface area (Å²) in [5, 5.41) is 14.3. The maximum atomic E-state index is 10.9. The molecule has 1 aliphatic rings. The lowest BCUT2D eigenvalue weighted by Crippen LogP contribution is -2.40. The highest BCUT2D eigenvalue weighted by atomic mass is 16.6. The first-order valence-corrected chi connectivity index (χ1v) is 6.53. The molecule has 5 nitrogen and oxygen atoms in total. The fourth-order valence-corrected chi connectivity index (χ4v) is 2.49. The lowest BCUT2D eigenvalue weighted by Gasteiger charge is -2.36. The van der Waals surface area contributed by atoms with Crippen LogP contribution in [0.5, 0.6) is 0 Å². The van der Waals surface area contributed by atoms with Gasteiger partial charge < -0.3 is 10.1 Å². The van der Waals surface area contributed by atoms with Crippen LogP contribution in [0.15, 0.2) is 18.2 Å². The van der Waals surface area contributed by atoms with Gasteiger partial charge in [-0.25, -0.2) is 0 Å². The van der Waals surface area contributed by atoms with Crippen LogP contribution in [0.4, 0.5) is 11.4 Å². The molecule has 104 valence electrons. The molecule has 0 saturated carbocycles. The Morgan fingerprint density at radius 1 is 1.47 bits per heavy atom. The number of hydrogen-bond acceptors (Lipinski definition) is 4. The van der Waals surface area contributed by atoms with Crippen LogP contribution in [0.2, 0.25) is 0 Å². The lowest BCUT2D eigenvalue weighted by atomic mass is 9.94. The van der Waals surface area contributed by atoms with Crippen LogP contribution >= 0.6 is 0 Å². The summed E-state index contributed by atoms with van der Waals surface area (Å²) in [5.41, 5.74) is 1.52. The summed E-state index contributed by atoms with van der Waals surface area (Å²) < 4.78 is 5.67. The second-order valence-electron chi connectivity index (χ2n) is 5.70. The second kappa shape index (κ2) is 5.17. The molecule has 1 fully saturated rings. The summed E-state index contributed by atoms with van der Waals surface area (Å²) in [6.07, 6.45) is 1.82. The van der Waals surface area contributed by atoms with Crippen molar-refractivity contribution in [2.75, 3.05) is 11.9 Å². The van der Waals surface area contributed by atoms with Gasteiger partial charge in [0, 0.05) is 30.0 Å². The Bertz CT molecular complexity index is 486. The number of aryl methyl sites for hydroxylation is 1. The van der Waals surface area contributed by atoms with Gasteiger partial charge in [0.05, 0.1) is 10.5 Å². The third-order valence-corrected chi connectivity index (χ3v) is 3.47. The van der Waals surface area contributed by atoms with E-state index < -0.39 is 0 Å². The average Bonchev–Trinajstić information content (AvgIpc) is 2.30. The predicted molar refractivity (Wildman–Crippen MR) is 74.5 cm³/mol. The summed E-state index contributed by atoms with van der Waals surface area (Å²) in [6, 6.07) is 5.58. The van der Waals surface area contributed by atoms with E-state index in [-0.39, 0.29) is 16.2 Å². The third kappa shape index (κ3) is 3.44. The summed E-state index contributed by atoms with van der Waals surface area (Å²) in [7, 11) is 0.